The van der Waals surface area contributed by atoms with Crippen molar-refractivity contribution < 1.29 is 13.5 Å². The smallest absolute Gasteiger partial charge is 0.261 e. The van der Waals surface area contributed by atoms with Crippen molar-refractivity contribution in [2.45, 2.75) is 25.3 Å². The minimum Gasteiger partial charge on any atom is -0.374 e. The maximum absolute atomic E-state index is 11.6. The first kappa shape index (κ1) is 8.87. The molecular formula is C7H13F2NO. The summed E-state index contributed by atoms with van der Waals surface area (Å²) in [5, 5.41) is 3.16. The van der Waals surface area contributed by atoms with Gasteiger partial charge >= 0.3 is 0 Å². The summed E-state index contributed by atoms with van der Waals surface area (Å²) >= 11 is 0. The molecular weight excluding hydrogens is 152 g/mol. The van der Waals surface area contributed by atoms with Crippen molar-refractivity contribution in [1.29, 1.82) is 0 Å². The quantitative estimate of drug-likeness (QED) is 0.671. The first-order chi connectivity index (χ1) is 5.29. The lowest BCUT2D eigenvalue weighted by Crippen LogP contribution is -2.27. The fourth-order valence-corrected chi connectivity index (χ4v) is 1.20. The molecule has 0 aromatic heterocycles. The summed E-state index contributed by atoms with van der Waals surface area (Å²) in [5.41, 5.74) is 0. The van der Waals surface area contributed by atoms with Crippen molar-refractivity contribution in [3.05, 3.63) is 0 Å². The van der Waals surface area contributed by atoms with E-state index in [1.165, 1.54) is 0 Å². The van der Waals surface area contributed by atoms with Crippen molar-refractivity contribution in [3.63, 3.8) is 0 Å². The molecule has 1 aliphatic heterocycles. The minimum absolute atomic E-state index is 0.300. The van der Waals surface area contributed by atoms with Crippen LogP contribution in [0.1, 0.15) is 12.8 Å². The second-order valence-electron chi connectivity index (χ2n) is 2.72. The van der Waals surface area contributed by atoms with Gasteiger partial charge in [0.1, 0.15) is 6.61 Å². The van der Waals surface area contributed by atoms with Crippen LogP contribution in [-0.2, 0) is 4.74 Å². The molecule has 1 atom stereocenters. The van der Waals surface area contributed by atoms with Gasteiger partial charge in [-0.1, -0.05) is 0 Å². The van der Waals surface area contributed by atoms with Crippen LogP contribution in [0.25, 0.3) is 0 Å². The Morgan fingerprint density at radius 2 is 2.36 bits per heavy atom. The van der Waals surface area contributed by atoms with Crippen molar-refractivity contribution >= 4 is 0 Å². The SMILES string of the molecule is FC(F)COCC1CCCN1. The Labute approximate surface area is 64.9 Å². The third-order valence-corrected chi connectivity index (χ3v) is 1.73. The number of nitrogens with one attached hydrogen (secondary N) is 1. The third-order valence-electron chi connectivity index (χ3n) is 1.73. The summed E-state index contributed by atoms with van der Waals surface area (Å²) < 4.78 is 27.9. The van der Waals surface area contributed by atoms with E-state index in [4.69, 9.17) is 4.74 Å². The average Bonchev–Trinajstić information content (AvgIpc) is 2.39. The largest absolute Gasteiger partial charge is 0.374 e. The molecule has 0 spiro atoms. The van der Waals surface area contributed by atoms with Crippen molar-refractivity contribution in [2.24, 2.45) is 0 Å². The highest BCUT2D eigenvalue weighted by Crippen LogP contribution is 2.05. The van der Waals surface area contributed by atoms with E-state index in [-0.39, 0.29) is 0 Å². The number of rotatable bonds is 4. The molecule has 0 radical (unpaired) electrons. The molecule has 11 heavy (non-hydrogen) atoms. The predicted octanol–water partition coefficient (Wildman–Crippen LogP) is 1.02. The summed E-state index contributed by atoms with van der Waals surface area (Å²) in [6.07, 6.45) is -0.164. The van der Waals surface area contributed by atoms with Gasteiger partial charge in [-0.25, -0.2) is 8.78 Å². The van der Waals surface area contributed by atoms with Crippen molar-refractivity contribution in [2.75, 3.05) is 19.8 Å². The molecule has 0 aromatic rings. The van der Waals surface area contributed by atoms with Gasteiger partial charge in [0, 0.05) is 6.04 Å². The zero-order valence-electron chi connectivity index (χ0n) is 6.35. The number of ether oxygens (including phenoxy) is 1. The number of halogens is 2. The summed E-state index contributed by atoms with van der Waals surface area (Å²) in [6.45, 7) is 0.977. The molecule has 0 amide bonds. The molecule has 1 unspecified atom stereocenters. The third kappa shape index (κ3) is 3.62. The topological polar surface area (TPSA) is 21.3 Å². The maximum atomic E-state index is 11.6. The molecule has 1 rings (SSSR count). The monoisotopic (exact) mass is 165 g/mol. The van der Waals surface area contributed by atoms with Gasteiger partial charge in [0.2, 0.25) is 0 Å². The molecule has 2 nitrogen and oxygen atoms in total. The Balaban J connectivity index is 1.94. The second kappa shape index (κ2) is 4.62. The normalized spacial score (nSPS) is 24.8. The van der Waals surface area contributed by atoms with Crippen LogP contribution < -0.4 is 5.32 Å². The van der Waals surface area contributed by atoms with Crippen LogP contribution in [0.15, 0.2) is 0 Å². The van der Waals surface area contributed by atoms with Crippen LogP contribution in [-0.4, -0.2) is 32.2 Å². The highest BCUT2D eigenvalue weighted by molar-refractivity contribution is 4.73. The van der Waals surface area contributed by atoms with Crippen molar-refractivity contribution in [3.8, 4) is 0 Å². The Morgan fingerprint density at radius 3 is 2.91 bits per heavy atom. The summed E-state index contributed by atoms with van der Waals surface area (Å²) in [4.78, 5) is 0. The molecule has 1 N–H and O–H groups in total. The van der Waals surface area contributed by atoms with Crippen LogP contribution in [0.2, 0.25) is 0 Å². The molecule has 1 heterocycles. The zero-order chi connectivity index (χ0) is 8.10. The highest BCUT2D eigenvalue weighted by atomic mass is 19.3. The molecule has 0 bridgehead atoms. The van der Waals surface area contributed by atoms with Gasteiger partial charge in [-0.15, -0.1) is 0 Å². The van der Waals surface area contributed by atoms with Crippen LogP contribution in [0, 0.1) is 0 Å². The van der Waals surface area contributed by atoms with E-state index in [9.17, 15) is 8.78 Å². The van der Waals surface area contributed by atoms with E-state index in [1.54, 1.807) is 0 Å². The Kier molecular flexibility index (Phi) is 3.72. The fraction of sp³-hybridized carbons (Fsp3) is 1.00. The molecule has 1 saturated heterocycles. The van der Waals surface area contributed by atoms with Gasteiger partial charge in [0.15, 0.2) is 0 Å². The van der Waals surface area contributed by atoms with Crippen LogP contribution in [0.4, 0.5) is 8.78 Å². The van der Waals surface area contributed by atoms with Gasteiger partial charge in [-0.2, -0.15) is 0 Å². The van der Waals surface area contributed by atoms with E-state index in [0.29, 0.717) is 12.6 Å². The molecule has 1 fully saturated rings. The molecule has 66 valence electrons. The lowest BCUT2D eigenvalue weighted by Gasteiger charge is -2.09. The number of alkyl halides is 2. The number of hydrogen-bond acceptors (Lipinski definition) is 2. The van der Waals surface area contributed by atoms with Gasteiger partial charge in [0.25, 0.3) is 6.43 Å². The first-order valence-corrected chi connectivity index (χ1v) is 3.88. The number of hydrogen-bond donors (Lipinski definition) is 1. The second-order valence-corrected chi connectivity index (χ2v) is 2.72. The summed E-state index contributed by atoms with van der Waals surface area (Å²) in [5.74, 6) is 0. The minimum atomic E-state index is -2.34. The Hall–Kier alpha value is -0.220. The van der Waals surface area contributed by atoms with E-state index < -0.39 is 13.0 Å². The van der Waals surface area contributed by atoms with Crippen LogP contribution in [0.3, 0.4) is 0 Å². The van der Waals surface area contributed by atoms with E-state index >= 15 is 0 Å². The highest BCUT2D eigenvalue weighted by Gasteiger charge is 2.14. The zero-order valence-corrected chi connectivity index (χ0v) is 6.35. The molecule has 1 aliphatic rings. The molecule has 0 aromatic carbocycles. The first-order valence-electron chi connectivity index (χ1n) is 3.88. The van der Waals surface area contributed by atoms with E-state index in [0.717, 1.165) is 19.4 Å². The van der Waals surface area contributed by atoms with Gasteiger partial charge in [-0.3, -0.25) is 0 Å². The predicted molar refractivity (Wildman–Crippen MR) is 37.8 cm³/mol. The Morgan fingerprint density at radius 1 is 1.55 bits per heavy atom. The van der Waals surface area contributed by atoms with E-state index in [2.05, 4.69) is 5.32 Å². The van der Waals surface area contributed by atoms with Crippen LogP contribution in [0.5, 0.6) is 0 Å². The fourth-order valence-electron chi connectivity index (χ4n) is 1.20. The molecule has 0 saturated carbocycles. The lowest BCUT2D eigenvalue weighted by molar-refractivity contribution is 0.0111. The average molecular weight is 165 g/mol. The van der Waals surface area contributed by atoms with E-state index in [1.807, 2.05) is 0 Å². The molecule has 4 heteroatoms. The van der Waals surface area contributed by atoms with Crippen LogP contribution >= 0.6 is 0 Å². The lowest BCUT2D eigenvalue weighted by atomic mass is 10.2. The molecule has 0 aliphatic carbocycles. The Bertz CT molecular complexity index is 105. The van der Waals surface area contributed by atoms with Crippen molar-refractivity contribution in [1.82, 2.24) is 5.32 Å². The van der Waals surface area contributed by atoms with Gasteiger partial charge < -0.3 is 10.1 Å². The van der Waals surface area contributed by atoms with Gasteiger partial charge in [0.05, 0.1) is 6.61 Å². The standard InChI is InChI=1S/C7H13F2NO/c8-7(9)5-11-4-6-2-1-3-10-6/h6-7,10H,1-5H2. The van der Waals surface area contributed by atoms with Gasteiger partial charge in [-0.05, 0) is 19.4 Å². The summed E-state index contributed by atoms with van der Waals surface area (Å²) in [6, 6.07) is 0.300. The maximum Gasteiger partial charge on any atom is 0.261 e. The summed E-state index contributed by atoms with van der Waals surface area (Å²) in [7, 11) is 0.